The van der Waals surface area contributed by atoms with E-state index < -0.39 is 0 Å². The van der Waals surface area contributed by atoms with Crippen LogP contribution in [-0.4, -0.2) is 0 Å². The fourth-order valence-corrected chi connectivity index (χ4v) is 2.03. The Kier molecular flexibility index (Phi) is 16.0. The first-order valence-electron chi connectivity index (χ1n) is 8.21. The zero-order valence-electron chi connectivity index (χ0n) is 12.8. The Morgan fingerprint density at radius 3 is 1.50 bits per heavy atom. The van der Waals surface area contributed by atoms with Crippen molar-refractivity contribution in [2.24, 2.45) is 0 Å². The molecule has 0 rings (SSSR count). The summed E-state index contributed by atoms with van der Waals surface area (Å²) in [4.78, 5) is 0. The van der Waals surface area contributed by atoms with Crippen molar-refractivity contribution in [3.63, 3.8) is 0 Å². The van der Waals surface area contributed by atoms with Gasteiger partial charge in [-0.15, -0.1) is 0 Å². The molecule has 0 nitrogen and oxygen atoms in total. The highest BCUT2D eigenvalue weighted by Gasteiger charge is 1.87. The van der Waals surface area contributed by atoms with Crippen LogP contribution >= 0.6 is 0 Å². The lowest BCUT2D eigenvalue weighted by Crippen LogP contribution is -1.77. The Balaban J connectivity index is 3.11. The predicted octanol–water partition coefficient (Wildman–Crippen LogP) is 6.82. The van der Waals surface area contributed by atoms with Crippen molar-refractivity contribution in [2.45, 2.75) is 90.9 Å². The van der Waals surface area contributed by atoms with Gasteiger partial charge >= 0.3 is 0 Å². The maximum Gasteiger partial charge on any atom is -0.0316 e. The van der Waals surface area contributed by atoms with E-state index in [-0.39, 0.29) is 0 Å². The van der Waals surface area contributed by atoms with Gasteiger partial charge in [-0.2, -0.15) is 0 Å². The van der Waals surface area contributed by atoms with Gasteiger partial charge in [-0.1, -0.05) is 83.1 Å². The number of rotatable bonds is 13. The van der Waals surface area contributed by atoms with Gasteiger partial charge in [0.25, 0.3) is 0 Å². The average Bonchev–Trinajstić information content (AvgIpc) is 2.39. The van der Waals surface area contributed by atoms with Crippen LogP contribution in [0, 0.1) is 0 Å². The molecule has 18 heavy (non-hydrogen) atoms. The molecule has 0 aromatic rings. The van der Waals surface area contributed by atoms with Gasteiger partial charge in [0.05, 0.1) is 0 Å². The van der Waals surface area contributed by atoms with Crippen molar-refractivity contribution in [1.29, 1.82) is 0 Å². The summed E-state index contributed by atoms with van der Waals surface area (Å²) >= 11 is 0. The molecule has 0 atom stereocenters. The van der Waals surface area contributed by atoms with Crippen molar-refractivity contribution in [3.8, 4) is 0 Å². The molecule has 0 amide bonds. The molecular weight excluding hydrogens is 216 g/mol. The Bertz CT molecular complexity index is 188. The lowest BCUT2D eigenvalue weighted by molar-refractivity contribution is 0.611. The molecule has 0 N–H and O–H groups in total. The second-order valence-corrected chi connectivity index (χ2v) is 5.22. The molecule has 0 heteroatoms. The van der Waals surface area contributed by atoms with Crippen LogP contribution in [0.5, 0.6) is 0 Å². The molecule has 0 bridgehead atoms. The topological polar surface area (TPSA) is 0 Å². The lowest BCUT2D eigenvalue weighted by atomic mass is 10.1. The minimum atomic E-state index is 1.22. The minimum Gasteiger partial charge on any atom is -0.0885 e. The van der Waals surface area contributed by atoms with Crippen molar-refractivity contribution in [3.05, 3.63) is 24.3 Å². The molecular formula is C18H34. The largest absolute Gasteiger partial charge is 0.0885 e. The monoisotopic (exact) mass is 250 g/mol. The van der Waals surface area contributed by atoms with E-state index in [0.29, 0.717) is 0 Å². The highest BCUT2D eigenvalue weighted by atomic mass is 13.9. The molecule has 0 aliphatic heterocycles. The van der Waals surface area contributed by atoms with Gasteiger partial charge in [-0.05, 0) is 32.1 Å². The van der Waals surface area contributed by atoms with Crippen molar-refractivity contribution < 1.29 is 0 Å². The van der Waals surface area contributed by atoms with Crippen LogP contribution in [-0.2, 0) is 0 Å². The molecule has 0 fully saturated rings. The van der Waals surface area contributed by atoms with Crippen LogP contribution in [0.3, 0.4) is 0 Å². The summed E-state index contributed by atoms with van der Waals surface area (Å²) in [7, 11) is 0. The Hall–Kier alpha value is -0.520. The van der Waals surface area contributed by atoms with E-state index in [1.165, 1.54) is 77.0 Å². The van der Waals surface area contributed by atoms with Crippen LogP contribution in [0.2, 0.25) is 0 Å². The summed E-state index contributed by atoms with van der Waals surface area (Å²) in [5.41, 5.74) is 0. The standard InChI is InChI=1S/C18H34/c1-3-5-7-9-11-13-15-17-18-16-14-12-10-8-6-4-2/h9,11,17-18H,3-8,10,12-16H2,1-2H3/b11-9+,18-17+. The second-order valence-electron chi connectivity index (χ2n) is 5.22. The summed E-state index contributed by atoms with van der Waals surface area (Å²) in [6, 6.07) is 0. The number of allylic oxidation sites excluding steroid dienone is 4. The van der Waals surface area contributed by atoms with E-state index in [2.05, 4.69) is 38.2 Å². The highest BCUT2D eigenvalue weighted by molar-refractivity contribution is 4.87. The summed E-state index contributed by atoms with van der Waals surface area (Å²) in [6.07, 6.45) is 25.5. The smallest absolute Gasteiger partial charge is 0.0316 e. The highest BCUT2D eigenvalue weighted by Crippen LogP contribution is 2.07. The summed E-state index contributed by atoms with van der Waals surface area (Å²) in [5, 5.41) is 0. The number of unbranched alkanes of at least 4 members (excludes halogenated alkanes) is 9. The van der Waals surface area contributed by atoms with E-state index in [1.807, 2.05) is 0 Å². The average molecular weight is 250 g/mol. The first-order valence-corrected chi connectivity index (χ1v) is 8.21. The third-order valence-electron chi connectivity index (χ3n) is 3.28. The quantitative estimate of drug-likeness (QED) is 0.248. The van der Waals surface area contributed by atoms with Crippen LogP contribution in [0.1, 0.15) is 90.9 Å². The normalized spacial score (nSPS) is 11.9. The fourth-order valence-electron chi connectivity index (χ4n) is 2.03. The number of hydrogen-bond donors (Lipinski definition) is 0. The van der Waals surface area contributed by atoms with Crippen LogP contribution in [0.25, 0.3) is 0 Å². The maximum absolute atomic E-state index is 2.37. The van der Waals surface area contributed by atoms with Gasteiger partial charge in [0.1, 0.15) is 0 Å². The summed E-state index contributed by atoms with van der Waals surface area (Å²) in [5.74, 6) is 0. The molecule has 0 spiro atoms. The molecule has 0 aromatic heterocycles. The minimum absolute atomic E-state index is 1.22. The molecule has 0 aliphatic rings. The Morgan fingerprint density at radius 1 is 0.444 bits per heavy atom. The van der Waals surface area contributed by atoms with E-state index in [0.717, 1.165) is 0 Å². The van der Waals surface area contributed by atoms with Gasteiger partial charge in [-0.25, -0.2) is 0 Å². The maximum atomic E-state index is 2.37. The Morgan fingerprint density at radius 2 is 0.889 bits per heavy atom. The van der Waals surface area contributed by atoms with Gasteiger partial charge in [0.15, 0.2) is 0 Å². The molecule has 106 valence electrons. The van der Waals surface area contributed by atoms with E-state index >= 15 is 0 Å². The van der Waals surface area contributed by atoms with E-state index in [9.17, 15) is 0 Å². The third-order valence-corrected chi connectivity index (χ3v) is 3.28. The van der Waals surface area contributed by atoms with Crippen LogP contribution in [0.4, 0.5) is 0 Å². The van der Waals surface area contributed by atoms with Gasteiger partial charge in [0, 0.05) is 0 Å². The third kappa shape index (κ3) is 15.5. The summed E-state index contributed by atoms with van der Waals surface area (Å²) < 4.78 is 0. The van der Waals surface area contributed by atoms with E-state index in [1.54, 1.807) is 0 Å². The molecule has 0 aromatic carbocycles. The molecule has 0 heterocycles. The lowest BCUT2D eigenvalue weighted by Gasteiger charge is -1.97. The SMILES string of the molecule is CCCC/C=C/CC/C=C/CCCCCCCC. The fraction of sp³-hybridized carbons (Fsp3) is 0.778. The van der Waals surface area contributed by atoms with Gasteiger partial charge in [0.2, 0.25) is 0 Å². The zero-order valence-corrected chi connectivity index (χ0v) is 12.8. The Labute approximate surface area is 116 Å². The summed E-state index contributed by atoms with van der Waals surface area (Å²) in [6.45, 7) is 4.53. The molecule has 0 saturated carbocycles. The van der Waals surface area contributed by atoms with Crippen LogP contribution in [0.15, 0.2) is 24.3 Å². The van der Waals surface area contributed by atoms with Crippen molar-refractivity contribution in [2.75, 3.05) is 0 Å². The predicted molar refractivity (Wildman–Crippen MR) is 85.0 cm³/mol. The molecule has 0 saturated heterocycles. The first-order chi connectivity index (χ1) is 8.91. The molecule has 0 unspecified atom stereocenters. The van der Waals surface area contributed by atoms with Crippen molar-refractivity contribution >= 4 is 0 Å². The van der Waals surface area contributed by atoms with Gasteiger partial charge < -0.3 is 0 Å². The van der Waals surface area contributed by atoms with Crippen LogP contribution < -0.4 is 0 Å². The zero-order chi connectivity index (χ0) is 13.3. The second kappa shape index (κ2) is 16.5. The van der Waals surface area contributed by atoms with Crippen molar-refractivity contribution in [1.82, 2.24) is 0 Å². The van der Waals surface area contributed by atoms with E-state index in [4.69, 9.17) is 0 Å². The van der Waals surface area contributed by atoms with Gasteiger partial charge in [-0.3, -0.25) is 0 Å². The molecule has 0 radical (unpaired) electrons. The number of hydrogen-bond acceptors (Lipinski definition) is 0. The molecule has 0 aliphatic carbocycles. The first kappa shape index (κ1) is 17.5.